The maximum absolute atomic E-state index is 14.0. The van der Waals surface area contributed by atoms with E-state index in [0.717, 1.165) is 18.1 Å². The van der Waals surface area contributed by atoms with Gasteiger partial charge in [-0.3, -0.25) is 10.1 Å². The van der Waals surface area contributed by atoms with Crippen LogP contribution in [0, 0.1) is 23.1 Å². The zero-order chi connectivity index (χ0) is 26.2. The van der Waals surface area contributed by atoms with Crippen molar-refractivity contribution >= 4 is 12.7 Å². The Bertz CT molecular complexity index is 834. The summed E-state index contributed by atoms with van der Waals surface area (Å²) in [5.74, 6) is -6.14. The fourth-order valence-corrected chi connectivity index (χ4v) is 2.88. The minimum Gasteiger partial charge on any atom is -0.394 e. The Morgan fingerprint density at radius 3 is 2.06 bits per heavy atom. The summed E-state index contributed by atoms with van der Waals surface area (Å²) in [5.41, 5.74) is -1.84. The molecule has 3 rings (SSSR count). The van der Waals surface area contributed by atoms with E-state index in [9.17, 15) is 36.2 Å². The third-order valence-electron chi connectivity index (χ3n) is 5.41. The molecular weight excluding hydrogens is 468 g/mol. The van der Waals surface area contributed by atoms with E-state index in [1.54, 1.807) is 11.4 Å². The summed E-state index contributed by atoms with van der Waals surface area (Å²) >= 11 is 0. The molecule has 12 heteroatoms. The van der Waals surface area contributed by atoms with Gasteiger partial charge in [0.1, 0.15) is 30.2 Å². The van der Waals surface area contributed by atoms with Crippen molar-refractivity contribution in [2.45, 2.75) is 68.7 Å². The second-order valence-corrected chi connectivity index (χ2v) is 8.04. The van der Waals surface area contributed by atoms with Gasteiger partial charge in [0.05, 0.1) is 12.7 Å². The molecule has 2 saturated carbocycles. The number of halogens is 6. The van der Waals surface area contributed by atoms with Crippen LogP contribution in [0.2, 0.25) is 0 Å². The van der Waals surface area contributed by atoms with E-state index in [4.69, 9.17) is 10.1 Å². The highest BCUT2D eigenvalue weighted by Crippen LogP contribution is 2.45. The van der Waals surface area contributed by atoms with Gasteiger partial charge in [-0.05, 0) is 36.5 Å². The average molecular weight is 495 g/mol. The van der Waals surface area contributed by atoms with Crippen molar-refractivity contribution in [3.8, 4) is 6.07 Å². The van der Waals surface area contributed by atoms with Crippen molar-refractivity contribution in [3.63, 3.8) is 0 Å². The van der Waals surface area contributed by atoms with E-state index in [0.29, 0.717) is 25.0 Å². The van der Waals surface area contributed by atoms with Crippen LogP contribution >= 0.6 is 0 Å². The predicted molar refractivity (Wildman–Crippen MR) is 110 cm³/mol. The topological polar surface area (TPSA) is 102 Å². The molecule has 2 unspecified atom stereocenters. The van der Waals surface area contributed by atoms with Crippen LogP contribution in [0.4, 0.5) is 26.3 Å². The molecule has 6 nitrogen and oxygen atoms in total. The van der Waals surface area contributed by atoms with Gasteiger partial charge in [-0.25, -0.2) is 4.39 Å². The van der Waals surface area contributed by atoms with Crippen LogP contribution in [0.5, 0.6) is 0 Å². The van der Waals surface area contributed by atoms with Gasteiger partial charge in [0.25, 0.3) is 0 Å². The lowest BCUT2D eigenvalue weighted by molar-refractivity contribution is -0.295. The van der Waals surface area contributed by atoms with Gasteiger partial charge < -0.3 is 15.2 Å². The van der Waals surface area contributed by atoms with Gasteiger partial charge in [0.15, 0.2) is 0 Å². The number of aliphatic hydroxyl groups excluding tert-OH is 1. The summed E-state index contributed by atoms with van der Waals surface area (Å²) in [6, 6.07) is 0.00870. The fourth-order valence-electron chi connectivity index (χ4n) is 2.88. The van der Waals surface area contributed by atoms with Crippen molar-refractivity contribution in [1.29, 1.82) is 5.26 Å². The number of carbonyl (C=O) groups is 2. The quantitative estimate of drug-likeness (QED) is 0.476. The Kier molecular flexibility index (Phi) is 10.5. The summed E-state index contributed by atoms with van der Waals surface area (Å²) in [6.45, 7) is 3.16. The SMILES string of the molecule is C=O.CCC1CC1.N#CC1(NC(=O)C(CO)NC(c2ccc(F)cc2)C(F)(F)C(F)(F)F)CC1. The number of nitrogens with one attached hydrogen (secondary N) is 2. The third-order valence-corrected chi connectivity index (χ3v) is 5.41. The number of rotatable bonds is 8. The third kappa shape index (κ3) is 7.99. The summed E-state index contributed by atoms with van der Waals surface area (Å²) in [6.07, 6.45) is -0.937. The van der Waals surface area contributed by atoms with Crippen LogP contribution in [-0.2, 0) is 9.59 Å². The van der Waals surface area contributed by atoms with E-state index in [1.807, 2.05) is 6.79 Å². The molecule has 2 aliphatic rings. The van der Waals surface area contributed by atoms with Crippen LogP contribution in [0.1, 0.15) is 50.6 Å². The van der Waals surface area contributed by atoms with Crippen molar-refractivity contribution in [3.05, 3.63) is 35.6 Å². The minimum absolute atomic E-state index is 0.299. The van der Waals surface area contributed by atoms with Crippen LogP contribution < -0.4 is 10.6 Å². The standard InChI is InChI=1S/C16H15F6N3O2.C5H10.CH2O/c17-10-3-1-9(2-4-10)12(15(18,19)16(20,21)22)24-11(7-26)13(27)25-14(8-23)5-6-14;1-2-5-3-4-5;1-2/h1-4,11-12,24,26H,5-7H2,(H,25,27);5H,2-4H2,1H3;1H2. The van der Waals surface area contributed by atoms with Crippen LogP contribution in [-0.4, -0.2) is 48.1 Å². The fraction of sp³-hybridized carbons (Fsp3) is 0.591. The lowest BCUT2D eigenvalue weighted by Gasteiger charge is -2.32. The molecule has 2 fully saturated rings. The normalized spacial score (nSPS) is 18.1. The maximum Gasteiger partial charge on any atom is 0.455 e. The summed E-state index contributed by atoms with van der Waals surface area (Å²) in [4.78, 5) is 20.1. The maximum atomic E-state index is 14.0. The molecular formula is C22H27F6N3O3. The highest BCUT2D eigenvalue weighted by molar-refractivity contribution is 5.83. The molecule has 1 amide bonds. The molecule has 0 heterocycles. The number of hydrogen-bond acceptors (Lipinski definition) is 5. The Labute approximate surface area is 193 Å². The van der Waals surface area contributed by atoms with Gasteiger partial charge in [-0.15, -0.1) is 0 Å². The van der Waals surface area contributed by atoms with Crippen LogP contribution in [0.15, 0.2) is 24.3 Å². The molecule has 34 heavy (non-hydrogen) atoms. The van der Waals surface area contributed by atoms with Gasteiger partial charge in [-0.2, -0.15) is 27.2 Å². The number of alkyl halides is 5. The van der Waals surface area contributed by atoms with Crippen molar-refractivity contribution in [1.82, 2.24) is 10.6 Å². The van der Waals surface area contributed by atoms with Crippen LogP contribution in [0.3, 0.4) is 0 Å². The highest BCUT2D eigenvalue weighted by Gasteiger charge is 2.63. The molecule has 1 aromatic carbocycles. The van der Waals surface area contributed by atoms with E-state index in [-0.39, 0.29) is 0 Å². The number of aliphatic hydroxyl groups is 1. The van der Waals surface area contributed by atoms with E-state index >= 15 is 0 Å². The number of benzene rings is 1. The highest BCUT2D eigenvalue weighted by atomic mass is 19.4. The van der Waals surface area contributed by atoms with E-state index in [1.165, 1.54) is 19.3 Å². The van der Waals surface area contributed by atoms with Crippen molar-refractivity contribution < 1.29 is 41.0 Å². The number of nitriles is 1. The average Bonchev–Trinajstić information content (AvgIpc) is 3.72. The second-order valence-electron chi connectivity index (χ2n) is 8.04. The van der Waals surface area contributed by atoms with Crippen molar-refractivity contribution in [2.24, 2.45) is 5.92 Å². The van der Waals surface area contributed by atoms with Gasteiger partial charge in [-0.1, -0.05) is 38.3 Å². The second kappa shape index (κ2) is 12.2. The summed E-state index contributed by atoms with van der Waals surface area (Å²) < 4.78 is 79.6. The molecule has 0 spiro atoms. The predicted octanol–water partition coefficient (Wildman–Crippen LogP) is 3.81. The zero-order valence-electron chi connectivity index (χ0n) is 18.5. The first-order chi connectivity index (χ1) is 15.9. The first-order valence-electron chi connectivity index (χ1n) is 10.5. The lowest BCUT2D eigenvalue weighted by atomic mass is 9.98. The largest absolute Gasteiger partial charge is 0.455 e. The van der Waals surface area contributed by atoms with E-state index < -0.39 is 53.6 Å². The van der Waals surface area contributed by atoms with Gasteiger partial charge >= 0.3 is 12.1 Å². The molecule has 0 radical (unpaired) electrons. The Morgan fingerprint density at radius 2 is 1.74 bits per heavy atom. The molecule has 190 valence electrons. The summed E-state index contributed by atoms with van der Waals surface area (Å²) in [7, 11) is 0. The van der Waals surface area contributed by atoms with Gasteiger partial charge in [0.2, 0.25) is 5.91 Å². The molecule has 0 bridgehead atoms. The Morgan fingerprint density at radius 1 is 1.21 bits per heavy atom. The summed E-state index contributed by atoms with van der Waals surface area (Å²) in [5, 5.41) is 22.2. The number of nitrogens with zero attached hydrogens (tertiary/aromatic N) is 1. The van der Waals surface area contributed by atoms with Crippen molar-refractivity contribution in [2.75, 3.05) is 6.61 Å². The first kappa shape index (κ1) is 29.4. The number of amides is 1. The first-order valence-corrected chi connectivity index (χ1v) is 10.5. The van der Waals surface area contributed by atoms with Crippen LogP contribution in [0.25, 0.3) is 0 Å². The van der Waals surface area contributed by atoms with E-state index in [2.05, 4.69) is 12.2 Å². The molecule has 1 aromatic rings. The molecule has 3 N–H and O–H groups in total. The monoisotopic (exact) mass is 495 g/mol. The molecule has 2 atom stereocenters. The molecule has 0 aromatic heterocycles. The minimum atomic E-state index is -5.97. The lowest BCUT2D eigenvalue weighted by Crippen LogP contribution is -2.56. The molecule has 2 aliphatic carbocycles. The van der Waals surface area contributed by atoms with Gasteiger partial charge in [0, 0.05) is 0 Å². The molecule has 0 saturated heterocycles. The number of hydrogen-bond donors (Lipinski definition) is 3. The molecule has 0 aliphatic heterocycles. The smallest absolute Gasteiger partial charge is 0.394 e. The zero-order valence-corrected chi connectivity index (χ0v) is 18.5. The number of carbonyl (C=O) groups excluding carboxylic acids is 2. The Hall–Kier alpha value is -2.65. The Balaban J connectivity index is 0.000000715.